The summed E-state index contributed by atoms with van der Waals surface area (Å²) >= 11 is 0. The molecule has 0 saturated carbocycles. The largest absolute Gasteiger partial charge is 0.384 e. The number of primary amides is 1. The third kappa shape index (κ3) is 3.61. The maximum atomic E-state index is 11.9. The van der Waals surface area contributed by atoms with Crippen molar-refractivity contribution in [1.82, 2.24) is 5.32 Å². The first-order valence-corrected chi connectivity index (χ1v) is 5.35. The van der Waals surface area contributed by atoms with Crippen molar-refractivity contribution < 1.29 is 14.7 Å². The summed E-state index contributed by atoms with van der Waals surface area (Å²) in [5, 5.41) is 11.1. The van der Waals surface area contributed by atoms with Crippen LogP contribution in [-0.2, 0) is 4.79 Å². The van der Waals surface area contributed by atoms with Gasteiger partial charge in [-0.05, 0) is 19.1 Å². The quantitative estimate of drug-likeness (QED) is 0.635. The number of hydrogen-bond acceptors (Lipinski definition) is 3. The molecule has 0 bridgehead atoms. The molecule has 0 aliphatic carbocycles. The smallest absolute Gasteiger partial charge is 0.253 e. The zero-order valence-corrected chi connectivity index (χ0v) is 9.93. The second kappa shape index (κ2) is 6.42. The van der Waals surface area contributed by atoms with Crippen molar-refractivity contribution in [3.05, 3.63) is 35.4 Å². The molecule has 4 N–H and O–H groups in total. The molecular formula is C13H14N2O3. The van der Waals surface area contributed by atoms with Crippen LogP contribution in [0.1, 0.15) is 22.8 Å². The van der Waals surface area contributed by atoms with E-state index in [1.54, 1.807) is 24.3 Å². The molecule has 1 aromatic rings. The van der Waals surface area contributed by atoms with E-state index in [0.717, 1.165) is 0 Å². The number of carbonyl (C=O) groups is 2. The van der Waals surface area contributed by atoms with Crippen molar-refractivity contribution in [1.29, 1.82) is 0 Å². The molecule has 0 fully saturated rings. The third-order valence-corrected chi connectivity index (χ3v) is 2.25. The summed E-state index contributed by atoms with van der Waals surface area (Å²) in [6.45, 7) is 1.22. The summed E-state index contributed by atoms with van der Waals surface area (Å²) in [5.41, 5.74) is 5.89. The molecule has 5 heteroatoms. The SMILES string of the molecule is CC(NC(=O)c1ccccc1C#CCO)C(N)=O. The van der Waals surface area contributed by atoms with Crippen molar-refractivity contribution in [3.8, 4) is 11.8 Å². The number of nitrogens with one attached hydrogen (secondary N) is 1. The van der Waals surface area contributed by atoms with Crippen LogP contribution in [0.15, 0.2) is 24.3 Å². The van der Waals surface area contributed by atoms with Crippen LogP contribution >= 0.6 is 0 Å². The van der Waals surface area contributed by atoms with E-state index >= 15 is 0 Å². The van der Waals surface area contributed by atoms with Gasteiger partial charge in [0.1, 0.15) is 12.6 Å². The standard InChI is InChI=1S/C13H14N2O3/c1-9(12(14)17)15-13(18)11-7-3-2-5-10(11)6-4-8-16/h2-3,5,7,9,16H,8H2,1H3,(H2,14,17)(H,15,18). The van der Waals surface area contributed by atoms with Gasteiger partial charge in [0.15, 0.2) is 0 Å². The van der Waals surface area contributed by atoms with E-state index in [0.29, 0.717) is 11.1 Å². The topological polar surface area (TPSA) is 92.4 Å². The number of aliphatic hydroxyl groups is 1. The third-order valence-electron chi connectivity index (χ3n) is 2.25. The van der Waals surface area contributed by atoms with Crippen LogP contribution in [0.2, 0.25) is 0 Å². The average Bonchev–Trinajstić information content (AvgIpc) is 2.36. The molecular weight excluding hydrogens is 232 g/mol. The average molecular weight is 246 g/mol. The Morgan fingerprint density at radius 2 is 2.11 bits per heavy atom. The van der Waals surface area contributed by atoms with Crippen molar-refractivity contribution in [2.45, 2.75) is 13.0 Å². The van der Waals surface area contributed by atoms with Crippen LogP contribution in [-0.4, -0.2) is 29.6 Å². The van der Waals surface area contributed by atoms with Gasteiger partial charge in [-0.3, -0.25) is 9.59 Å². The molecule has 0 aromatic heterocycles. The normalized spacial score (nSPS) is 11.0. The predicted octanol–water partition coefficient (Wildman–Crippen LogP) is -0.366. The van der Waals surface area contributed by atoms with Crippen molar-refractivity contribution in [2.24, 2.45) is 5.73 Å². The van der Waals surface area contributed by atoms with Crippen LogP contribution in [0.3, 0.4) is 0 Å². The first kappa shape index (κ1) is 13.7. The van der Waals surface area contributed by atoms with Gasteiger partial charge in [0.2, 0.25) is 5.91 Å². The monoisotopic (exact) mass is 246 g/mol. The Morgan fingerprint density at radius 3 is 2.72 bits per heavy atom. The summed E-state index contributed by atoms with van der Waals surface area (Å²) < 4.78 is 0. The Hall–Kier alpha value is -2.32. The molecule has 2 amide bonds. The van der Waals surface area contributed by atoms with E-state index in [2.05, 4.69) is 17.2 Å². The highest BCUT2D eigenvalue weighted by molar-refractivity contribution is 5.99. The Kier molecular flexibility index (Phi) is 4.90. The van der Waals surface area contributed by atoms with E-state index in [9.17, 15) is 9.59 Å². The molecule has 94 valence electrons. The number of carbonyl (C=O) groups excluding carboxylic acids is 2. The molecule has 1 unspecified atom stereocenters. The second-order valence-corrected chi connectivity index (χ2v) is 3.60. The van der Waals surface area contributed by atoms with Gasteiger partial charge in [0.05, 0.1) is 5.56 Å². The molecule has 0 heterocycles. The second-order valence-electron chi connectivity index (χ2n) is 3.60. The minimum absolute atomic E-state index is 0.284. The number of nitrogens with two attached hydrogens (primary N) is 1. The highest BCUT2D eigenvalue weighted by Crippen LogP contribution is 2.07. The first-order valence-electron chi connectivity index (χ1n) is 5.35. The molecule has 0 radical (unpaired) electrons. The Bertz CT molecular complexity index is 514. The number of hydrogen-bond donors (Lipinski definition) is 3. The van der Waals surface area contributed by atoms with Gasteiger partial charge in [0, 0.05) is 5.56 Å². The minimum Gasteiger partial charge on any atom is -0.384 e. The number of amides is 2. The van der Waals surface area contributed by atoms with E-state index in [-0.39, 0.29) is 6.61 Å². The highest BCUT2D eigenvalue weighted by atomic mass is 16.2. The molecule has 1 rings (SSSR count). The predicted molar refractivity (Wildman–Crippen MR) is 66.5 cm³/mol. The molecule has 0 spiro atoms. The van der Waals surface area contributed by atoms with Crippen LogP contribution in [0.25, 0.3) is 0 Å². The van der Waals surface area contributed by atoms with E-state index in [4.69, 9.17) is 10.8 Å². The Balaban J connectivity index is 2.95. The fourth-order valence-electron chi connectivity index (χ4n) is 1.27. The minimum atomic E-state index is -0.753. The molecule has 18 heavy (non-hydrogen) atoms. The van der Waals surface area contributed by atoms with Crippen LogP contribution in [0.5, 0.6) is 0 Å². The lowest BCUT2D eigenvalue weighted by Crippen LogP contribution is -2.42. The summed E-state index contributed by atoms with van der Waals surface area (Å²) in [5.74, 6) is 4.10. The van der Waals surface area contributed by atoms with Gasteiger partial charge in [-0.15, -0.1) is 0 Å². The Labute approximate surface area is 105 Å². The molecule has 5 nitrogen and oxygen atoms in total. The summed E-state index contributed by atoms with van der Waals surface area (Å²) in [7, 11) is 0. The maximum Gasteiger partial charge on any atom is 0.253 e. The lowest BCUT2D eigenvalue weighted by molar-refractivity contribution is -0.119. The zero-order valence-electron chi connectivity index (χ0n) is 9.93. The fourth-order valence-corrected chi connectivity index (χ4v) is 1.27. The fraction of sp³-hybridized carbons (Fsp3) is 0.231. The number of rotatable bonds is 3. The van der Waals surface area contributed by atoms with Gasteiger partial charge in [-0.25, -0.2) is 0 Å². The first-order chi connectivity index (χ1) is 8.56. The van der Waals surface area contributed by atoms with Gasteiger partial charge < -0.3 is 16.2 Å². The molecule has 1 aromatic carbocycles. The zero-order chi connectivity index (χ0) is 13.5. The summed E-state index contributed by atoms with van der Waals surface area (Å²) in [4.78, 5) is 22.8. The van der Waals surface area contributed by atoms with Crippen molar-refractivity contribution in [3.63, 3.8) is 0 Å². The number of benzene rings is 1. The lowest BCUT2D eigenvalue weighted by atomic mass is 10.1. The number of aliphatic hydroxyl groups excluding tert-OH is 1. The molecule has 1 atom stereocenters. The Morgan fingerprint density at radius 1 is 1.44 bits per heavy atom. The highest BCUT2D eigenvalue weighted by Gasteiger charge is 2.15. The van der Waals surface area contributed by atoms with Crippen molar-refractivity contribution >= 4 is 11.8 Å². The molecule has 0 aliphatic heterocycles. The van der Waals surface area contributed by atoms with Gasteiger partial charge in [0.25, 0.3) is 5.91 Å². The van der Waals surface area contributed by atoms with Crippen molar-refractivity contribution in [2.75, 3.05) is 6.61 Å². The van der Waals surface area contributed by atoms with Crippen LogP contribution in [0.4, 0.5) is 0 Å². The molecule has 0 aliphatic rings. The van der Waals surface area contributed by atoms with E-state index in [1.807, 2.05) is 0 Å². The lowest BCUT2D eigenvalue weighted by Gasteiger charge is -2.11. The maximum absolute atomic E-state index is 11.9. The molecule has 0 saturated heterocycles. The van der Waals surface area contributed by atoms with E-state index < -0.39 is 17.9 Å². The summed E-state index contributed by atoms with van der Waals surface area (Å²) in [6, 6.07) is 5.91. The van der Waals surface area contributed by atoms with E-state index in [1.165, 1.54) is 6.92 Å². The van der Waals surface area contributed by atoms with Crippen LogP contribution in [0, 0.1) is 11.8 Å². The van der Waals surface area contributed by atoms with Gasteiger partial charge in [-0.1, -0.05) is 24.0 Å². The summed E-state index contributed by atoms with van der Waals surface area (Å²) in [6.07, 6.45) is 0. The van der Waals surface area contributed by atoms with Gasteiger partial charge in [-0.2, -0.15) is 0 Å². The van der Waals surface area contributed by atoms with Gasteiger partial charge >= 0.3 is 0 Å². The van der Waals surface area contributed by atoms with Crippen LogP contribution < -0.4 is 11.1 Å².